The average molecular weight is 526 g/mol. The minimum absolute atomic E-state index is 0. The Morgan fingerprint density at radius 3 is 2.60 bits per heavy atom. The van der Waals surface area contributed by atoms with Crippen molar-refractivity contribution in [2.45, 2.75) is 25.2 Å². The summed E-state index contributed by atoms with van der Waals surface area (Å²) < 4.78 is 11.6. The molecule has 142 valence electrons. The third kappa shape index (κ3) is 7.40. The van der Waals surface area contributed by atoms with E-state index in [0.717, 1.165) is 25.6 Å². The van der Waals surface area contributed by atoms with Crippen LogP contribution >= 0.6 is 39.9 Å². The van der Waals surface area contributed by atoms with Gasteiger partial charge in [0.1, 0.15) is 0 Å². The predicted molar refractivity (Wildman–Crippen MR) is 117 cm³/mol. The Hall–Kier alpha value is -0.380. The summed E-state index contributed by atoms with van der Waals surface area (Å²) in [6, 6.07) is 8.48. The maximum atomic E-state index is 5.47. The Morgan fingerprint density at radius 1 is 1.20 bits per heavy atom. The van der Waals surface area contributed by atoms with E-state index >= 15 is 0 Å². The van der Waals surface area contributed by atoms with Crippen LogP contribution in [-0.4, -0.2) is 52.5 Å². The van der Waals surface area contributed by atoms with Crippen molar-refractivity contribution in [2.24, 2.45) is 4.99 Å². The highest BCUT2D eigenvalue weighted by atomic mass is 127. The molecular weight excluding hydrogens is 497 g/mol. The number of guanidine groups is 1. The van der Waals surface area contributed by atoms with Crippen molar-refractivity contribution in [1.82, 2.24) is 10.6 Å². The molecular formula is C18H29BrIN3O2. The van der Waals surface area contributed by atoms with E-state index in [1.54, 1.807) is 7.11 Å². The quantitative estimate of drug-likeness (QED) is 0.213. The van der Waals surface area contributed by atoms with E-state index < -0.39 is 0 Å². The monoisotopic (exact) mass is 525 g/mol. The van der Waals surface area contributed by atoms with E-state index in [-0.39, 0.29) is 29.4 Å². The summed E-state index contributed by atoms with van der Waals surface area (Å²) in [5.41, 5.74) is 1.56. The van der Waals surface area contributed by atoms with Crippen LogP contribution in [0.5, 0.6) is 0 Å². The van der Waals surface area contributed by atoms with E-state index in [1.807, 2.05) is 0 Å². The molecule has 0 amide bonds. The highest BCUT2D eigenvalue weighted by Crippen LogP contribution is 2.50. The summed E-state index contributed by atoms with van der Waals surface area (Å²) >= 11 is 3.68. The van der Waals surface area contributed by atoms with E-state index in [0.29, 0.717) is 19.8 Å². The molecule has 0 unspecified atom stereocenters. The second kappa shape index (κ2) is 12.1. The molecule has 1 aliphatic carbocycles. The number of nitrogens with zero attached hydrogens (tertiary/aromatic N) is 1. The molecule has 1 saturated carbocycles. The molecule has 0 spiro atoms. The number of benzene rings is 1. The van der Waals surface area contributed by atoms with Gasteiger partial charge in [0.05, 0.1) is 26.4 Å². The van der Waals surface area contributed by atoms with Gasteiger partial charge in [-0.25, -0.2) is 0 Å². The Labute approximate surface area is 176 Å². The van der Waals surface area contributed by atoms with Gasteiger partial charge < -0.3 is 20.1 Å². The van der Waals surface area contributed by atoms with E-state index in [2.05, 4.69) is 57.8 Å². The van der Waals surface area contributed by atoms with E-state index in [9.17, 15) is 0 Å². The van der Waals surface area contributed by atoms with Crippen LogP contribution in [0.3, 0.4) is 0 Å². The third-order valence-electron chi connectivity index (χ3n) is 4.15. The first-order chi connectivity index (χ1) is 11.7. The number of ether oxygens (including phenoxy) is 2. The summed E-state index contributed by atoms with van der Waals surface area (Å²) in [4.78, 5) is 4.79. The molecule has 2 rings (SSSR count). The number of aliphatic imine (C=N–C) groups is 1. The number of hydrogen-bond donors (Lipinski definition) is 2. The van der Waals surface area contributed by atoms with Crippen LogP contribution in [0.1, 0.15) is 25.3 Å². The molecule has 1 fully saturated rings. The zero-order valence-electron chi connectivity index (χ0n) is 15.0. The Bertz CT molecular complexity index is 539. The van der Waals surface area contributed by atoms with E-state index in [1.165, 1.54) is 22.9 Å². The van der Waals surface area contributed by atoms with Crippen LogP contribution in [0.2, 0.25) is 0 Å². The summed E-state index contributed by atoms with van der Waals surface area (Å²) in [6.07, 6.45) is 2.39. The van der Waals surface area contributed by atoms with Crippen LogP contribution in [0.4, 0.5) is 0 Å². The molecule has 2 N–H and O–H groups in total. The molecule has 0 aliphatic heterocycles. The average Bonchev–Trinajstić information content (AvgIpc) is 3.37. The van der Waals surface area contributed by atoms with Crippen molar-refractivity contribution in [3.63, 3.8) is 0 Å². The molecule has 5 nitrogen and oxygen atoms in total. The lowest BCUT2D eigenvalue weighted by molar-refractivity contribution is 0.0733. The maximum absolute atomic E-state index is 5.47. The van der Waals surface area contributed by atoms with Gasteiger partial charge in [-0.05, 0) is 31.4 Å². The SMILES string of the molecule is CCNC(=NCC1(c2ccccc2Br)CC1)NCCOCCOC.I. The van der Waals surface area contributed by atoms with Crippen LogP contribution in [0.15, 0.2) is 33.7 Å². The van der Waals surface area contributed by atoms with Crippen molar-refractivity contribution < 1.29 is 9.47 Å². The van der Waals surface area contributed by atoms with Crippen LogP contribution in [-0.2, 0) is 14.9 Å². The Morgan fingerprint density at radius 2 is 1.96 bits per heavy atom. The Balaban J connectivity index is 0.00000312. The molecule has 25 heavy (non-hydrogen) atoms. The minimum atomic E-state index is 0. The van der Waals surface area contributed by atoms with Gasteiger partial charge in [0.2, 0.25) is 0 Å². The molecule has 7 heteroatoms. The topological polar surface area (TPSA) is 54.9 Å². The molecule has 0 aromatic heterocycles. The van der Waals surface area contributed by atoms with Gasteiger partial charge >= 0.3 is 0 Å². The molecule has 0 heterocycles. The molecule has 1 aromatic rings. The van der Waals surface area contributed by atoms with Crippen molar-refractivity contribution in [1.29, 1.82) is 0 Å². The molecule has 1 aromatic carbocycles. The van der Waals surface area contributed by atoms with Crippen LogP contribution < -0.4 is 10.6 Å². The fraction of sp³-hybridized carbons (Fsp3) is 0.611. The number of nitrogens with one attached hydrogen (secondary N) is 2. The minimum Gasteiger partial charge on any atom is -0.382 e. The summed E-state index contributed by atoms with van der Waals surface area (Å²) in [7, 11) is 1.68. The number of hydrogen-bond acceptors (Lipinski definition) is 3. The molecule has 0 atom stereocenters. The third-order valence-corrected chi connectivity index (χ3v) is 4.84. The molecule has 1 aliphatic rings. The highest BCUT2D eigenvalue weighted by Gasteiger charge is 2.45. The fourth-order valence-electron chi connectivity index (χ4n) is 2.61. The molecule has 0 saturated heterocycles. The van der Waals surface area contributed by atoms with Gasteiger partial charge in [-0.2, -0.15) is 0 Å². The summed E-state index contributed by atoms with van der Waals surface area (Å²) in [6.45, 7) is 6.35. The van der Waals surface area contributed by atoms with Crippen molar-refractivity contribution in [3.8, 4) is 0 Å². The summed E-state index contributed by atoms with van der Waals surface area (Å²) in [5.74, 6) is 0.853. The lowest BCUT2D eigenvalue weighted by Gasteiger charge is -2.17. The molecule has 0 bridgehead atoms. The zero-order valence-corrected chi connectivity index (χ0v) is 18.9. The van der Waals surface area contributed by atoms with Gasteiger partial charge in [0, 0.05) is 30.1 Å². The number of methoxy groups -OCH3 is 1. The first-order valence-electron chi connectivity index (χ1n) is 8.56. The van der Waals surface area contributed by atoms with Gasteiger partial charge in [0.25, 0.3) is 0 Å². The summed E-state index contributed by atoms with van der Waals surface area (Å²) in [5, 5.41) is 6.62. The first-order valence-corrected chi connectivity index (χ1v) is 9.35. The van der Waals surface area contributed by atoms with Crippen molar-refractivity contribution >= 4 is 45.9 Å². The number of rotatable bonds is 10. The van der Waals surface area contributed by atoms with Crippen molar-refractivity contribution in [2.75, 3.05) is 46.6 Å². The number of halogens is 2. The zero-order chi connectivity index (χ0) is 17.3. The highest BCUT2D eigenvalue weighted by molar-refractivity contribution is 14.0. The van der Waals surface area contributed by atoms with Crippen LogP contribution in [0, 0.1) is 0 Å². The fourth-order valence-corrected chi connectivity index (χ4v) is 3.32. The van der Waals surface area contributed by atoms with Crippen molar-refractivity contribution in [3.05, 3.63) is 34.3 Å². The second-order valence-corrected chi connectivity index (χ2v) is 6.84. The molecule has 0 radical (unpaired) electrons. The predicted octanol–water partition coefficient (Wildman–Crippen LogP) is 3.32. The van der Waals surface area contributed by atoms with Gasteiger partial charge in [-0.3, -0.25) is 4.99 Å². The smallest absolute Gasteiger partial charge is 0.191 e. The Kier molecular flexibility index (Phi) is 11.0. The second-order valence-electron chi connectivity index (χ2n) is 5.99. The van der Waals surface area contributed by atoms with E-state index in [4.69, 9.17) is 14.5 Å². The van der Waals surface area contributed by atoms with Gasteiger partial charge in [0.15, 0.2) is 5.96 Å². The van der Waals surface area contributed by atoms with Gasteiger partial charge in [-0.1, -0.05) is 34.1 Å². The normalized spacial score (nSPS) is 15.4. The van der Waals surface area contributed by atoms with Crippen LogP contribution in [0.25, 0.3) is 0 Å². The lowest BCUT2D eigenvalue weighted by Crippen LogP contribution is -2.39. The lowest BCUT2D eigenvalue weighted by atomic mass is 9.96. The first kappa shape index (κ1) is 22.7. The standard InChI is InChI=1S/C18H28BrN3O2.HI/c1-3-20-17(21-10-11-24-13-12-23-2)22-14-18(8-9-18)15-6-4-5-7-16(15)19;/h4-7H,3,8-14H2,1-2H3,(H2,20,21,22);1H. The van der Waals surface area contributed by atoms with Gasteiger partial charge in [-0.15, -0.1) is 24.0 Å². The largest absolute Gasteiger partial charge is 0.382 e. The maximum Gasteiger partial charge on any atom is 0.191 e.